The van der Waals surface area contributed by atoms with E-state index in [-0.39, 0.29) is 23.0 Å². The Morgan fingerprint density at radius 3 is 2.25 bits per heavy atom. The van der Waals surface area contributed by atoms with Crippen molar-refractivity contribution in [1.82, 2.24) is 10.2 Å². The first-order chi connectivity index (χ1) is 13.3. The monoisotopic (exact) mass is 401 g/mol. The number of rotatable bonds is 6. The van der Waals surface area contributed by atoms with Crippen LogP contribution in [0.25, 0.3) is 0 Å². The Morgan fingerprint density at radius 1 is 1.04 bits per heavy atom. The first-order valence-corrected chi connectivity index (χ1v) is 9.83. The summed E-state index contributed by atoms with van der Waals surface area (Å²) in [5, 5.41) is 7.39. The molecule has 146 valence electrons. The number of carbonyl (C=O) groups excluding carboxylic acids is 1. The summed E-state index contributed by atoms with van der Waals surface area (Å²) in [6.45, 7) is 3.39. The molecule has 0 N–H and O–H groups in total. The molecular formula is C19H19N3O5S. The molecule has 0 saturated carbocycles. The molecule has 0 amide bonds. The molecule has 2 aromatic carbocycles. The van der Waals surface area contributed by atoms with Crippen molar-refractivity contribution < 1.29 is 22.4 Å². The van der Waals surface area contributed by atoms with Gasteiger partial charge in [-0.1, -0.05) is 17.7 Å². The quantitative estimate of drug-likeness (QED) is 0.585. The maximum Gasteiger partial charge on any atom is 0.338 e. The van der Waals surface area contributed by atoms with Crippen molar-refractivity contribution in [2.75, 3.05) is 11.4 Å². The van der Waals surface area contributed by atoms with E-state index in [1.54, 1.807) is 43.3 Å². The number of ether oxygens (including phenoxy) is 1. The van der Waals surface area contributed by atoms with Crippen LogP contribution in [0.15, 0.2) is 57.8 Å². The highest BCUT2D eigenvalue weighted by molar-refractivity contribution is 7.92. The number of sulfonamides is 1. The second-order valence-corrected chi connectivity index (χ2v) is 8.09. The Bertz CT molecular complexity index is 1070. The zero-order chi connectivity index (χ0) is 20.3. The average molecular weight is 401 g/mol. The van der Waals surface area contributed by atoms with Gasteiger partial charge in [0.1, 0.15) is 0 Å². The highest BCUT2D eigenvalue weighted by Crippen LogP contribution is 2.23. The molecule has 0 aliphatic heterocycles. The van der Waals surface area contributed by atoms with Gasteiger partial charge in [0.05, 0.1) is 16.1 Å². The molecule has 1 heterocycles. The minimum Gasteiger partial charge on any atom is -0.452 e. The van der Waals surface area contributed by atoms with E-state index in [4.69, 9.17) is 9.15 Å². The third kappa shape index (κ3) is 4.20. The minimum atomic E-state index is -3.70. The SMILES string of the molecule is Cc1ccc(S(=O)(=O)N(C)c2ccc(C(=O)OCc3nnc(C)o3)cc2)cc1. The molecule has 3 rings (SSSR count). The van der Waals surface area contributed by atoms with E-state index >= 15 is 0 Å². The van der Waals surface area contributed by atoms with Crippen molar-refractivity contribution in [3.63, 3.8) is 0 Å². The average Bonchev–Trinajstić information content (AvgIpc) is 3.11. The second-order valence-electron chi connectivity index (χ2n) is 6.12. The molecule has 0 spiro atoms. The number of benzene rings is 2. The summed E-state index contributed by atoms with van der Waals surface area (Å²) in [5.41, 5.74) is 1.67. The van der Waals surface area contributed by atoms with E-state index in [9.17, 15) is 13.2 Å². The second kappa shape index (κ2) is 7.81. The molecule has 0 radical (unpaired) electrons. The number of anilines is 1. The molecule has 0 bridgehead atoms. The normalized spacial score (nSPS) is 11.2. The standard InChI is InChI=1S/C19H19N3O5S/c1-13-4-10-17(11-5-13)28(24,25)22(3)16-8-6-15(7-9-16)19(23)26-12-18-21-20-14(2)27-18/h4-11H,12H2,1-3H3. The van der Waals surface area contributed by atoms with E-state index < -0.39 is 16.0 Å². The summed E-state index contributed by atoms with van der Waals surface area (Å²) in [7, 11) is -2.24. The van der Waals surface area contributed by atoms with Crippen LogP contribution in [0.4, 0.5) is 5.69 Å². The van der Waals surface area contributed by atoms with Crippen molar-refractivity contribution >= 4 is 21.7 Å². The van der Waals surface area contributed by atoms with E-state index in [0.29, 0.717) is 11.6 Å². The van der Waals surface area contributed by atoms with Crippen LogP contribution in [0.3, 0.4) is 0 Å². The number of carbonyl (C=O) groups is 1. The molecule has 28 heavy (non-hydrogen) atoms. The van der Waals surface area contributed by atoms with Gasteiger partial charge in [0, 0.05) is 14.0 Å². The molecule has 0 saturated heterocycles. The Hall–Kier alpha value is -3.20. The van der Waals surface area contributed by atoms with E-state index in [1.807, 2.05) is 6.92 Å². The van der Waals surface area contributed by atoms with Gasteiger partial charge in [-0.3, -0.25) is 4.31 Å². The molecule has 0 fully saturated rings. The molecule has 0 atom stereocenters. The maximum atomic E-state index is 12.7. The molecule has 8 nitrogen and oxygen atoms in total. The van der Waals surface area contributed by atoms with Crippen LogP contribution in [0.2, 0.25) is 0 Å². The zero-order valence-corrected chi connectivity index (χ0v) is 16.4. The fraction of sp³-hybridized carbons (Fsp3) is 0.211. The molecule has 9 heteroatoms. The topological polar surface area (TPSA) is 103 Å². The number of aromatic nitrogens is 2. The lowest BCUT2D eigenvalue weighted by Crippen LogP contribution is -2.26. The van der Waals surface area contributed by atoms with Crippen LogP contribution in [0.5, 0.6) is 0 Å². The molecule has 0 aliphatic carbocycles. The van der Waals surface area contributed by atoms with E-state index in [1.165, 1.54) is 19.2 Å². The van der Waals surface area contributed by atoms with Gasteiger partial charge in [0.25, 0.3) is 15.9 Å². The summed E-state index contributed by atoms with van der Waals surface area (Å²) >= 11 is 0. The van der Waals surface area contributed by atoms with Gasteiger partial charge in [-0.25, -0.2) is 13.2 Å². The molecule has 0 unspecified atom stereocenters. The fourth-order valence-electron chi connectivity index (χ4n) is 2.42. The summed E-state index contributed by atoms with van der Waals surface area (Å²) in [4.78, 5) is 12.3. The highest BCUT2D eigenvalue weighted by atomic mass is 32.2. The van der Waals surface area contributed by atoms with E-state index in [0.717, 1.165) is 9.87 Å². The number of hydrogen-bond acceptors (Lipinski definition) is 7. The van der Waals surface area contributed by atoms with Crippen LogP contribution < -0.4 is 4.31 Å². The van der Waals surface area contributed by atoms with Gasteiger partial charge < -0.3 is 9.15 Å². The summed E-state index contributed by atoms with van der Waals surface area (Å²) in [5.74, 6) is 0.00562. The van der Waals surface area contributed by atoms with Crippen molar-refractivity contribution in [3.05, 3.63) is 71.4 Å². The lowest BCUT2D eigenvalue weighted by atomic mass is 10.2. The van der Waals surface area contributed by atoms with Gasteiger partial charge in [0.15, 0.2) is 6.61 Å². The Morgan fingerprint density at radius 2 is 1.68 bits per heavy atom. The smallest absolute Gasteiger partial charge is 0.338 e. The van der Waals surface area contributed by atoms with Crippen LogP contribution in [0, 0.1) is 13.8 Å². The Labute approximate surface area is 162 Å². The van der Waals surface area contributed by atoms with Crippen LogP contribution in [-0.4, -0.2) is 31.6 Å². The van der Waals surface area contributed by atoms with Crippen LogP contribution >= 0.6 is 0 Å². The summed E-state index contributed by atoms with van der Waals surface area (Å²) in [6.07, 6.45) is 0. The predicted molar refractivity (Wildman–Crippen MR) is 101 cm³/mol. The Kier molecular flexibility index (Phi) is 5.46. The van der Waals surface area contributed by atoms with Gasteiger partial charge in [-0.15, -0.1) is 10.2 Å². The molecule has 0 aliphatic rings. The Balaban J connectivity index is 1.70. The molecular weight excluding hydrogens is 382 g/mol. The predicted octanol–water partition coefficient (Wildman–Crippen LogP) is 2.87. The van der Waals surface area contributed by atoms with Gasteiger partial charge in [-0.2, -0.15) is 0 Å². The lowest BCUT2D eigenvalue weighted by molar-refractivity contribution is 0.0437. The fourth-order valence-corrected chi connectivity index (χ4v) is 3.62. The molecule has 1 aromatic heterocycles. The zero-order valence-electron chi connectivity index (χ0n) is 15.6. The summed E-state index contributed by atoms with van der Waals surface area (Å²) < 4.78 is 36.9. The van der Waals surface area contributed by atoms with Crippen molar-refractivity contribution in [1.29, 1.82) is 0 Å². The van der Waals surface area contributed by atoms with Crippen LogP contribution in [-0.2, 0) is 21.4 Å². The highest BCUT2D eigenvalue weighted by Gasteiger charge is 2.21. The van der Waals surface area contributed by atoms with Gasteiger partial charge in [-0.05, 0) is 43.3 Å². The first-order valence-electron chi connectivity index (χ1n) is 8.39. The number of aryl methyl sites for hydroxylation is 2. The number of hydrogen-bond donors (Lipinski definition) is 0. The van der Waals surface area contributed by atoms with Crippen molar-refractivity contribution in [3.8, 4) is 0 Å². The maximum absolute atomic E-state index is 12.7. The largest absolute Gasteiger partial charge is 0.452 e. The van der Waals surface area contributed by atoms with Crippen LogP contribution in [0.1, 0.15) is 27.7 Å². The number of nitrogens with zero attached hydrogens (tertiary/aromatic N) is 3. The third-order valence-corrected chi connectivity index (χ3v) is 5.84. The van der Waals surface area contributed by atoms with Crippen molar-refractivity contribution in [2.24, 2.45) is 0 Å². The van der Waals surface area contributed by atoms with E-state index in [2.05, 4.69) is 10.2 Å². The first kappa shape index (κ1) is 19.6. The minimum absolute atomic E-state index is 0.136. The lowest BCUT2D eigenvalue weighted by Gasteiger charge is -2.19. The van der Waals surface area contributed by atoms with Crippen molar-refractivity contribution in [2.45, 2.75) is 25.3 Å². The number of esters is 1. The summed E-state index contributed by atoms with van der Waals surface area (Å²) in [6, 6.07) is 12.7. The van der Waals surface area contributed by atoms with Gasteiger partial charge >= 0.3 is 5.97 Å². The van der Waals surface area contributed by atoms with Gasteiger partial charge in [0.2, 0.25) is 5.89 Å². The third-order valence-electron chi connectivity index (χ3n) is 4.04. The molecule has 3 aromatic rings.